The number of amides is 1. The summed E-state index contributed by atoms with van der Waals surface area (Å²) in [6.07, 6.45) is 3.26. The van der Waals surface area contributed by atoms with Crippen molar-refractivity contribution in [2.24, 2.45) is 0 Å². The lowest BCUT2D eigenvalue weighted by Gasteiger charge is -2.36. The lowest BCUT2D eigenvalue weighted by atomic mass is 9.99. The molecule has 4 heteroatoms. The molecule has 3 rings (SSSR count). The standard InChI is InChI=1S/C24H33N3O/c1-3-4-10-24(25-20(2)28)22-13-11-21(12-14-22)19-26-15-17-27(18-16-26)23-8-6-5-7-9-23/h5-9,11-14,24H,3-4,10,15-19H2,1-2H3,(H,25,28). The molecule has 0 aromatic heterocycles. The van der Waals surface area contributed by atoms with Gasteiger partial charge >= 0.3 is 0 Å². The zero-order valence-electron chi connectivity index (χ0n) is 17.2. The fourth-order valence-corrected chi connectivity index (χ4v) is 3.89. The third-order valence-corrected chi connectivity index (χ3v) is 5.51. The van der Waals surface area contributed by atoms with Crippen molar-refractivity contribution < 1.29 is 4.79 Å². The van der Waals surface area contributed by atoms with Crippen LogP contribution in [0.25, 0.3) is 0 Å². The maximum Gasteiger partial charge on any atom is 0.217 e. The normalized spacial score (nSPS) is 16.0. The van der Waals surface area contributed by atoms with Gasteiger partial charge in [0.15, 0.2) is 0 Å². The third-order valence-electron chi connectivity index (χ3n) is 5.51. The number of nitrogens with one attached hydrogen (secondary N) is 1. The molecule has 2 aromatic carbocycles. The van der Waals surface area contributed by atoms with E-state index in [1.807, 2.05) is 0 Å². The Labute approximate surface area is 169 Å². The fraction of sp³-hybridized carbons (Fsp3) is 0.458. The SMILES string of the molecule is CCCCC(NC(C)=O)c1ccc(CN2CCN(c3ccccc3)CC2)cc1. The number of anilines is 1. The third kappa shape index (κ3) is 5.83. The monoisotopic (exact) mass is 379 g/mol. The van der Waals surface area contributed by atoms with Crippen LogP contribution in [0.5, 0.6) is 0 Å². The van der Waals surface area contributed by atoms with Gasteiger partial charge in [-0.25, -0.2) is 0 Å². The van der Waals surface area contributed by atoms with Crippen molar-refractivity contribution in [3.63, 3.8) is 0 Å². The summed E-state index contributed by atoms with van der Waals surface area (Å²) in [6, 6.07) is 19.6. The van der Waals surface area contributed by atoms with Crippen molar-refractivity contribution in [1.29, 1.82) is 0 Å². The molecule has 28 heavy (non-hydrogen) atoms. The van der Waals surface area contributed by atoms with Crippen molar-refractivity contribution in [2.75, 3.05) is 31.1 Å². The van der Waals surface area contributed by atoms with Gasteiger partial charge in [-0.2, -0.15) is 0 Å². The number of nitrogens with zero attached hydrogens (tertiary/aromatic N) is 2. The summed E-state index contributed by atoms with van der Waals surface area (Å²) in [5.74, 6) is 0.0430. The van der Waals surface area contributed by atoms with Crippen molar-refractivity contribution in [1.82, 2.24) is 10.2 Å². The van der Waals surface area contributed by atoms with E-state index in [0.29, 0.717) is 0 Å². The van der Waals surface area contributed by atoms with E-state index in [4.69, 9.17) is 0 Å². The lowest BCUT2D eigenvalue weighted by molar-refractivity contribution is -0.119. The molecular weight excluding hydrogens is 346 g/mol. The van der Waals surface area contributed by atoms with E-state index < -0.39 is 0 Å². The first-order valence-electron chi connectivity index (χ1n) is 10.5. The van der Waals surface area contributed by atoms with Crippen molar-refractivity contribution >= 4 is 11.6 Å². The van der Waals surface area contributed by atoms with E-state index in [0.717, 1.165) is 52.0 Å². The molecule has 1 saturated heterocycles. The van der Waals surface area contributed by atoms with Gasteiger partial charge in [-0.15, -0.1) is 0 Å². The van der Waals surface area contributed by atoms with Crippen molar-refractivity contribution in [3.05, 3.63) is 65.7 Å². The molecule has 0 aliphatic carbocycles. The predicted octanol–water partition coefficient (Wildman–Crippen LogP) is 4.38. The molecule has 150 valence electrons. The van der Waals surface area contributed by atoms with Crippen molar-refractivity contribution in [2.45, 2.75) is 45.7 Å². The van der Waals surface area contributed by atoms with Crippen LogP contribution < -0.4 is 10.2 Å². The highest BCUT2D eigenvalue weighted by molar-refractivity contribution is 5.73. The quantitative estimate of drug-likeness (QED) is 0.739. The summed E-state index contributed by atoms with van der Waals surface area (Å²) in [6.45, 7) is 9.09. The van der Waals surface area contributed by atoms with Gasteiger partial charge in [-0.1, -0.05) is 62.2 Å². The van der Waals surface area contributed by atoms with E-state index in [1.54, 1.807) is 6.92 Å². The van der Waals surface area contributed by atoms with Crippen LogP contribution in [0, 0.1) is 0 Å². The minimum Gasteiger partial charge on any atom is -0.369 e. The molecule has 1 atom stereocenters. The van der Waals surface area contributed by atoms with Gasteiger partial charge < -0.3 is 10.2 Å². The molecule has 4 nitrogen and oxygen atoms in total. The lowest BCUT2D eigenvalue weighted by Crippen LogP contribution is -2.45. The number of carbonyl (C=O) groups excluding carboxylic acids is 1. The molecule has 1 aliphatic heterocycles. The number of rotatable bonds is 8. The van der Waals surface area contributed by atoms with Crippen LogP contribution in [0.1, 0.15) is 50.3 Å². The van der Waals surface area contributed by atoms with Gasteiger partial charge in [0.05, 0.1) is 6.04 Å². The molecule has 1 unspecified atom stereocenters. The Morgan fingerprint density at radius 2 is 1.68 bits per heavy atom. The highest BCUT2D eigenvalue weighted by Crippen LogP contribution is 2.21. The Morgan fingerprint density at radius 1 is 1.00 bits per heavy atom. The number of unbranched alkanes of at least 4 members (excludes halogenated alkanes) is 1. The Morgan fingerprint density at radius 3 is 2.29 bits per heavy atom. The average molecular weight is 380 g/mol. The topological polar surface area (TPSA) is 35.6 Å². The number of hydrogen-bond acceptors (Lipinski definition) is 3. The summed E-state index contributed by atoms with van der Waals surface area (Å²) in [7, 11) is 0. The second kappa shape index (κ2) is 10.3. The molecule has 1 N–H and O–H groups in total. The zero-order valence-corrected chi connectivity index (χ0v) is 17.2. The molecule has 0 radical (unpaired) electrons. The molecule has 1 heterocycles. The number of benzene rings is 2. The van der Waals surface area contributed by atoms with Gasteiger partial charge in [-0.3, -0.25) is 9.69 Å². The van der Waals surface area contributed by atoms with Gasteiger partial charge in [0.1, 0.15) is 0 Å². The highest BCUT2D eigenvalue weighted by Gasteiger charge is 2.17. The van der Waals surface area contributed by atoms with Crippen LogP contribution in [0.4, 0.5) is 5.69 Å². The van der Waals surface area contributed by atoms with Gasteiger partial charge in [0, 0.05) is 45.3 Å². The van der Waals surface area contributed by atoms with Gasteiger partial charge in [0.25, 0.3) is 0 Å². The molecule has 1 amide bonds. The molecule has 2 aromatic rings. The maximum atomic E-state index is 11.5. The number of hydrogen-bond donors (Lipinski definition) is 1. The maximum absolute atomic E-state index is 11.5. The first-order valence-corrected chi connectivity index (χ1v) is 10.5. The molecule has 0 spiro atoms. The number of piperazine rings is 1. The molecule has 0 bridgehead atoms. The average Bonchev–Trinajstić information content (AvgIpc) is 2.73. The Balaban J connectivity index is 1.53. The minimum atomic E-state index is 0.0430. The Kier molecular flexibility index (Phi) is 7.49. The Bertz CT molecular complexity index is 721. The number of carbonyl (C=O) groups is 1. The van der Waals surface area contributed by atoms with E-state index >= 15 is 0 Å². The van der Waals surface area contributed by atoms with Crippen LogP contribution in [-0.2, 0) is 11.3 Å². The van der Waals surface area contributed by atoms with E-state index in [1.165, 1.54) is 16.8 Å². The fourth-order valence-electron chi connectivity index (χ4n) is 3.89. The summed E-state index contributed by atoms with van der Waals surface area (Å²) >= 11 is 0. The second-order valence-corrected chi connectivity index (χ2v) is 7.74. The largest absolute Gasteiger partial charge is 0.369 e. The first kappa shape index (κ1) is 20.4. The highest BCUT2D eigenvalue weighted by atomic mass is 16.1. The van der Waals surface area contributed by atoms with Crippen molar-refractivity contribution in [3.8, 4) is 0 Å². The van der Waals surface area contributed by atoms with E-state index in [9.17, 15) is 4.79 Å². The number of para-hydroxylation sites is 1. The predicted molar refractivity (Wildman–Crippen MR) is 116 cm³/mol. The Hall–Kier alpha value is -2.33. The van der Waals surface area contributed by atoms with Gasteiger partial charge in [-0.05, 0) is 29.7 Å². The zero-order chi connectivity index (χ0) is 19.8. The van der Waals surface area contributed by atoms with Crippen LogP contribution in [0.2, 0.25) is 0 Å². The van der Waals surface area contributed by atoms with Crippen LogP contribution in [0.15, 0.2) is 54.6 Å². The van der Waals surface area contributed by atoms with Crippen LogP contribution in [-0.4, -0.2) is 37.0 Å². The summed E-state index contributed by atoms with van der Waals surface area (Å²) in [4.78, 5) is 16.5. The first-order chi connectivity index (χ1) is 13.7. The molecule has 0 saturated carbocycles. The van der Waals surface area contributed by atoms with Crippen LogP contribution in [0.3, 0.4) is 0 Å². The molecule has 1 aliphatic rings. The smallest absolute Gasteiger partial charge is 0.217 e. The van der Waals surface area contributed by atoms with E-state index in [2.05, 4.69) is 76.6 Å². The summed E-state index contributed by atoms with van der Waals surface area (Å²) in [5.41, 5.74) is 3.87. The molecular formula is C24H33N3O. The van der Waals surface area contributed by atoms with Gasteiger partial charge in [0.2, 0.25) is 5.91 Å². The molecule has 1 fully saturated rings. The second-order valence-electron chi connectivity index (χ2n) is 7.74. The summed E-state index contributed by atoms with van der Waals surface area (Å²) < 4.78 is 0. The summed E-state index contributed by atoms with van der Waals surface area (Å²) in [5, 5.41) is 3.10. The van der Waals surface area contributed by atoms with E-state index in [-0.39, 0.29) is 11.9 Å². The minimum absolute atomic E-state index is 0.0430. The van der Waals surface area contributed by atoms with Crippen LogP contribution >= 0.6 is 0 Å².